The second kappa shape index (κ2) is 4.99. The summed E-state index contributed by atoms with van der Waals surface area (Å²) in [5.74, 6) is 0. The van der Waals surface area contributed by atoms with Crippen LogP contribution in [0.25, 0.3) is 0 Å². The first kappa shape index (κ1) is 12.1. The summed E-state index contributed by atoms with van der Waals surface area (Å²) < 4.78 is 1.97. The molecule has 1 aliphatic carbocycles. The van der Waals surface area contributed by atoms with Crippen molar-refractivity contribution in [3.8, 4) is 0 Å². The van der Waals surface area contributed by atoms with Crippen LogP contribution in [0.5, 0.6) is 0 Å². The lowest BCUT2D eigenvalue weighted by Crippen LogP contribution is -2.39. The Morgan fingerprint density at radius 1 is 1.33 bits per heavy atom. The quantitative estimate of drug-likeness (QED) is 0.829. The van der Waals surface area contributed by atoms with Crippen molar-refractivity contribution in [3.05, 3.63) is 17.5 Å². The smallest absolute Gasteiger partial charge is 0.121 e. The normalized spacial score (nSPS) is 23.2. The average molecular weight is 251 g/mol. The number of hydrogen-bond donors (Lipinski definition) is 2. The van der Waals surface area contributed by atoms with Crippen molar-refractivity contribution in [1.29, 1.82) is 0 Å². The van der Waals surface area contributed by atoms with Crippen molar-refractivity contribution in [2.45, 2.75) is 50.9 Å². The zero-order valence-electron chi connectivity index (χ0n) is 10.6. The first-order chi connectivity index (χ1) is 8.78. The summed E-state index contributed by atoms with van der Waals surface area (Å²) in [6, 6.07) is 2.67. The van der Waals surface area contributed by atoms with E-state index >= 15 is 0 Å². The molecule has 0 aromatic carbocycles. The molecule has 18 heavy (non-hydrogen) atoms. The van der Waals surface area contributed by atoms with Gasteiger partial charge in [-0.3, -0.25) is 9.58 Å². The zero-order valence-corrected chi connectivity index (χ0v) is 10.6. The standard InChI is InChI=1S/C13H21N3O2/c17-9-13(18)12-7-11-8-15(5-6-16(11)14-12)10-3-1-2-4-10/h7,10,13,17-18H,1-6,8-9H2/t13-/m0/s1. The lowest BCUT2D eigenvalue weighted by Gasteiger charge is -2.32. The molecule has 0 saturated heterocycles. The van der Waals surface area contributed by atoms with Crippen molar-refractivity contribution in [3.63, 3.8) is 0 Å². The van der Waals surface area contributed by atoms with Crippen LogP contribution in [0.15, 0.2) is 6.07 Å². The van der Waals surface area contributed by atoms with Gasteiger partial charge in [0.1, 0.15) is 6.10 Å². The average Bonchev–Trinajstić information content (AvgIpc) is 3.05. The lowest BCUT2D eigenvalue weighted by atomic mass is 10.1. The van der Waals surface area contributed by atoms with Gasteiger partial charge in [-0.2, -0.15) is 5.10 Å². The fourth-order valence-electron chi connectivity index (χ4n) is 3.15. The summed E-state index contributed by atoms with van der Waals surface area (Å²) in [6.45, 7) is 2.61. The molecule has 0 spiro atoms. The first-order valence-corrected chi connectivity index (χ1v) is 6.87. The van der Waals surface area contributed by atoms with Crippen molar-refractivity contribution < 1.29 is 10.2 Å². The van der Waals surface area contributed by atoms with Crippen LogP contribution >= 0.6 is 0 Å². The predicted molar refractivity (Wildman–Crippen MR) is 66.9 cm³/mol. The van der Waals surface area contributed by atoms with Crippen molar-refractivity contribution in [2.24, 2.45) is 0 Å². The molecule has 2 aliphatic rings. The van der Waals surface area contributed by atoms with Gasteiger partial charge in [-0.1, -0.05) is 12.8 Å². The molecule has 0 radical (unpaired) electrons. The molecule has 1 aromatic heterocycles. The number of rotatable bonds is 3. The highest BCUT2D eigenvalue weighted by atomic mass is 16.3. The Labute approximate surface area is 107 Å². The van der Waals surface area contributed by atoms with Crippen LogP contribution < -0.4 is 0 Å². The van der Waals surface area contributed by atoms with Gasteiger partial charge in [0, 0.05) is 19.1 Å². The molecule has 1 aromatic rings. The van der Waals surface area contributed by atoms with Gasteiger partial charge < -0.3 is 10.2 Å². The number of aromatic nitrogens is 2. The summed E-state index contributed by atoms with van der Waals surface area (Å²) in [7, 11) is 0. The molecule has 0 unspecified atom stereocenters. The zero-order chi connectivity index (χ0) is 12.5. The highest BCUT2D eigenvalue weighted by Gasteiger charge is 2.27. The Hall–Kier alpha value is -0.910. The van der Waals surface area contributed by atoms with E-state index in [0.717, 1.165) is 31.4 Å². The Bertz CT molecular complexity index is 412. The monoisotopic (exact) mass is 251 g/mol. The second-order valence-corrected chi connectivity index (χ2v) is 5.39. The number of nitrogens with zero attached hydrogens (tertiary/aromatic N) is 3. The van der Waals surface area contributed by atoms with Crippen LogP contribution in [0.2, 0.25) is 0 Å². The topological polar surface area (TPSA) is 61.5 Å². The van der Waals surface area contributed by atoms with Crippen LogP contribution in [-0.4, -0.2) is 44.1 Å². The maximum atomic E-state index is 9.62. The molecule has 1 fully saturated rings. The Morgan fingerprint density at radius 2 is 2.11 bits per heavy atom. The van der Waals surface area contributed by atoms with Crippen LogP contribution in [0, 0.1) is 0 Å². The van der Waals surface area contributed by atoms with E-state index in [9.17, 15) is 5.11 Å². The Morgan fingerprint density at radius 3 is 2.83 bits per heavy atom. The number of aliphatic hydroxyl groups is 2. The van der Waals surface area contributed by atoms with E-state index in [1.165, 1.54) is 25.7 Å². The first-order valence-electron chi connectivity index (χ1n) is 6.87. The highest BCUT2D eigenvalue weighted by molar-refractivity contribution is 5.14. The molecule has 0 amide bonds. The van der Waals surface area contributed by atoms with Crippen molar-refractivity contribution in [2.75, 3.05) is 13.2 Å². The maximum Gasteiger partial charge on any atom is 0.121 e. The minimum absolute atomic E-state index is 0.261. The molecule has 3 rings (SSSR count). The minimum atomic E-state index is -0.844. The summed E-state index contributed by atoms with van der Waals surface area (Å²) in [5.41, 5.74) is 1.76. The number of aliphatic hydroxyl groups excluding tert-OH is 2. The maximum absolute atomic E-state index is 9.62. The van der Waals surface area contributed by atoms with Crippen LogP contribution in [0.1, 0.15) is 43.2 Å². The molecular weight excluding hydrogens is 230 g/mol. The molecule has 2 heterocycles. The summed E-state index contributed by atoms with van der Waals surface area (Å²) in [4.78, 5) is 2.54. The number of hydrogen-bond acceptors (Lipinski definition) is 4. The van der Waals surface area contributed by atoms with E-state index in [4.69, 9.17) is 5.11 Å². The summed E-state index contributed by atoms with van der Waals surface area (Å²) >= 11 is 0. The van der Waals surface area contributed by atoms with Crippen molar-refractivity contribution in [1.82, 2.24) is 14.7 Å². The van der Waals surface area contributed by atoms with Gasteiger partial charge in [0.05, 0.1) is 24.5 Å². The molecule has 100 valence electrons. The second-order valence-electron chi connectivity index (χ2n) is 5.39. The molecule has 5 heteroatoms. The van der Waals surface area contributed by atoms with Gasteiger partial charge >= 0.3 is 0 Å². The van der Waals surface area contributed by atoms with E-state index in [0.29, 0.717) is 5.69 Å². The minimum Gasteiger partial charge on any atom is -0.393 e. The molecule has 1 saturated carbocycles. The van der Waals surface area contributed by atoms with E-state index in [2.05, 4.69) is 10.00 Å². The van der Waals surface area contributed by atoms with Gasteiger partial charge in [-0.25, -0.2) is 0 Å². The molecule has 1 aliphatic heterocycles. The van der Waals surface area contributed by atoms with Gasteiger partial charge in [0.15, 0.2) is 0 Å². The lowest BCUT2D eigenvalue weighted by molar-refractivity contribution is 0.0913. The van der Waals surface area contributed by atoms with Gasteiger partial charge in [-0.15, -0.1) is 0 Å². The van der Waals surface area contributed by atoms with E-state index in [1.807, 2.05) is 10.7 Å². The van der Waals surface area contributed by atoms with Crippen LogP contribution in [0.4, 0.5) is 0 Å². The molecule has 2 N–H and O–H groups in total. The Balaban J connectivity index is 1.73. The third kappa shape index (κ3) is 2.18. The largest absolute Gasteiger partial charge is 0.393 e. The Kier molecular flexibility index (Phi) is 3.37. The molecule has 1 atom stereocenters. The fraction of sp³-hybridized carbons (Fsp3) is 0.769. The van der Waals surface area contributed by atoms with Crippen LogP contribution in [-0.2, 0) is 13.1 Å². The van der Waals surface area contributed by atoms with E-state index in [-0.39, 0.29) is 6.61 Å². The summed E-state index contributed by atoms with van der Waals surface area (Å²) in [5, 5.41) is 22.9. The van der Waals surface area contributed by atoms with Gasteiger partial charge in [0.25, 0.3) is 0 Å². The van der Waals surface area contributed by atoms with Gasteiger partial charge in [0.2, 0.25) is 0 Å². The highest BCUT2D eigenvalue weighted by Crippen LogP contribution is 2.27. The summed E-state index contributed by atoms with van der Waals surface area (Å²) in [6.07, 6.45) is 4.51. The molecule has 0 bridgehead atoms. The molecular formula is C13H21N3O2. The number of fused-ring (bicyclic) bond motifs is 1. The van der Waals surface area contributed by atoms with Crippen LogP contribution in [0.3, 0.4) is 0 Å². The molecule has 5 nitrogen and oxygen atoms in total. The van der Waals surface area contributed by atoms with Gasteiger partial charge in [-0.05, 0) is 18.9 Å². The third-order valence-electron chi connectivity index (χ3n) is 4.20. The third-order valence-corrected chi connectivity index (χ3v) is 4.20. The fourth-order valence-corrected chi connectivity index (χ4v) is 3.15. The van der Waals surface area contributed by atoms with E-state index in [1.54, 1.807) is 0 Å². The predicted octanol–water partition coefficient (Wildman–Crippen LogP) is 0.667. The SMILES string of the molecule is OC[C@H](O)c1cc2n(n1)CCN(C1CCCC1)C2. The van der Waals surface area contributed by atoms with Crippen molar-refractivity contribution >= 4 is 0 Å². The van der Waals surface area contributed by atoms with E-state index < -0.39 is 6.10 Å².